The second-order valence-corrected chi connectivity index (χ2v) is 8.09. The Labute approximate surface area is 197 Å². The number of benzene rings is 3. The Morgan fingerprint density at radius 3 is 2.39 bits per heavy atom. The van der Waals surface area contributed by atoms with E-state index in [-0.39, 0.29) is 0 Å². The van der Waals surface area contributed by atoms with E-state index in [1.165, 1.54) is 0 Å². The van der Waals surface area contributed by atoms with E-state index in [0.29, 0.717) is 22.8 Å². The fourth-order valence-corrected chi connectivity index (χ4v) is 4.34. The van der Waals surface area contributed by atoms with E-state index in [1.807, 2.05) is 72.9 Å². The minimum atomic E-state index is 0.650. The molecular weight excluding hydrogens is 434 g/mol. The first-order chi connectivity index (χ1) is 16.1. The Bertz CT molecular complexity index is 1290. The van der Waals surface area contributed by atoms with E-state index in [9.17, 15) is 5.26 Å². The van der Waals surface area contributed by atoms with E-state index < -0.39 is 0 Å². The zero-order chi connectivity index (χ0) is 23.2. The van der Waals surface area contributed by atoms with Gasteiger partial charge in [0.25, 0.3) is 0 Å². The van der Waals surface area contributed by atoms with Gasteiger partial charge in [0.1, 0.15) is 5.75 Å². The molecule has 0 saturated carbocycles. The van der Waals surface area contributed by atoms with Crippen molar-refractivity contribution in [1.29, 1.82) is 5.26 Å². The molecule has 0 saturated heterocycles. The average molecular weight is 458 g/mol. The lowest BCUT2D eigenvalue weighted by atomic mass is 10.1. The summed E-state index contributed by atoms with van der Waals surface area (Å²) in [4.78, 5) is 4.92. The first-order valence-electron chi connectivity index (χ1n) is 10.2. The quantitative estimate of drug-likeness (QED) is 0.315. The third-order valence-corrected chi connectivity index (χ3v) is 6.15. The minimum absolute atomic E-state index is 0.650. The summed E-state index contributed by atoms with van der Waals surface area (Å²) in [6.45, 7) is 0. The van der Waals surface area contributed by atoms with Gasteiger partial charge in [0.05, 0.1) is 38.7 Å². The van der Waals surface area contributed by atoms with E-state index in [1.54, 1.807) is 33.1 Å². The van der Waals surface area contributed by atoms with Crippen molar-refractivity contribution in [2.75, 3.05) is 21.3 Å². The van der Waals surface area contributed by atoms with Crippen molar-refractivity contribution in [1.82, 2.24) is 9.55 Å². The van der Waals surface area contributed by atoms with E-state index in [2.05, 4.69) is 10.6 Å². The third kappa shape index (κ3) is 4.97. The maximum Gasteiger partial charge on any atom is 0.173 e. The number of ether oxygens (including phenoxy) is 3. The van der Waals surface area contributed by atoms with Gasteiger partial charge in [-0.3, -0.25) is 4.57 Å². The molecule has 4 aromatic rings. The highest BCUT2D eigenvalue weighted by atomic mass is 32.2. The van der Waals surface area contributed by atoms with Crippen LogP contribution in [0.3, 0.4) is 0 Å². The van der Waals surface area contributed by atoms with Crippen LogP contribution in [0.1, 0.15) is 11.1 Å². The summed E-state index contributed by atoms with van der Waals surface area (Å²) >= 11 is 1.61. The molecule has 6 nitrogen and oxygen atoms in total. The van der Waals surface area contributed by atoms with Crippen LogP contribution in [-0.4, -0.2) is 30.9 Å². The number of rotatable bonds is 8. The van der Waals surface area contributed by atoms with E-state index in [0.717, 1.165) is 33.4 Å². The molecule has 0 spiro atoms. The van der Waals surface area contributed by atoms with Crippen LogP contribution in [0.25, 0.3) is 16.9 Å². The van der Waals surface area contributed by atoms with Crippen LogP contribution in [0.15, 0.2) is 78.1 Å². The lowest BCUT2D eigenvalue weighted by Crippen LogP contribution is -1.95. The Hall–Kier alpha value is -3.89. The van der Waals surface area contributed by atoms with Crippen LogP contribution in [0.4, 0.5) is 0 Å². The predicted octanol–water partition coefficient (Wildman–Crippen LogP) is 5.73. The summed E-state index contributed by atoms with van der Waals surface area (Å²) < 4.78 is 18.2. The molecule has 1 heterocycles. The van der Waals surface area contributed by atoms with Crippen LogP contribution in [-0.2, 0) is 5.75 Å². The number of nitriles is 1. The summed E-state index contributed by atoms with van der Waals surface area (Å²) in [6.07, 6.45) is 2.01. The van der Waals surface area contributed by atoms with Gasteiger partial charge in [-0.05, 0) is 60.2 Å². The largest absolute Gasteiger partial charge is 0.497 e. The lowest BCUT2D eigenvalue weighted by Gasteiger charge is -2.08. The highest BCUT2D eigenvalue weighted by Crippen LogP contribution is 2.34. The highest BCUT2D eigenvalue weighted by Gasteiger charge is 2.15. The van der Waals surface area contributed by atoms with Crippen LogP contribution >= 0.6 is 11.8 Å². The van der Waals surface area contributed by atoms with Gasteiger partial charge < -0.3 is 14.2 Å². The first-order valence-corrected chi connectivity index (χ1v) is 11.2. The van der Waals surface area contributed by atoms with Gasteiger partial charge in [-0.2, -0.15) is 5.26 Å². The molecule has 1 aromatic heterocycles. The average Bonchev–Trinajstić information content (AvgIpc) is 3.31. The molecule has 0 fully saturated rings. The van der Waals surface area contributed by atoms with Crippen molar-refractivity contribution in [2.45, 2.75) is 10.9 Å². The van der Waals surface area contributed by atoms with Gasteiger partial charge in [0.15, 0.2) is 16.7 Å². The van der Waals surface area contributed by atoms with Crippen molar-refractivity contribution in [2.24, 2.45) is 0 Å². The SMILES string of the molecule is COc1ccc(-n2cc(-c3ccc(OC)c(OC)c3)nc2SCc2cccc(C#N)c2)cc1. The Morgan fingerprint density at radius 1 is 0.909 bits per heavy atom. The molecule has 4 rings (SSSR count). The van der Waals surface area contributed by atoms with Crippen LogP contribution in [0.5, 0.6) is 17.2 Å². The molecule has 7 heteroatoms. The first kappa shape index (κ1) is 22.3. The molecule has 0 radical (unpaired) electrons. The smallest absolute Gasteiger partial charge is 0.173 e. The Morgan fingerprint density at radius 2 is 1.70 bits per heavy atom. The number of hydrogen-bond donors (Lipinski definition) is 0. The predicted molar refractivity (Wildman–Crippen MR) is 129 cm³/mol. The monoisotopic (exact) mass is 457 g/mol. The van der Waals surface area contributed by atoms with Crippen molar-refractivity contribution in [3.63, 3.8) is 0 Å². The number of imidazole rings is 1. The molecule has 0 bridgehead atoms. The van der Waals surface area contributed by atoms with Gasteiger partial charge >= 0.3 is 0 Å². The lowest BCUT2D eigenvalue weighted by molar-refractivity contribution is 0.355. The normalized spacial score (nSPS) is 10.5. The van der Waals surface area contributed by atoms with Crippen molar-refractivity contribution in [3.8, 4) is 40.3 Å². The van der Waals surface area contributed by atoms with Crippen molar-refractivity contribution >= 4 is 11.8 Å². The van der Waals surface area contributed by atoms with E-state index >= 15 is 0 Å². The third-order valence-electron chi connectivity index (χ3n) is 5.13. The van der Waals surface area contributed by atoms with Gasteiger partial charge in [-0.15, -0.1) is 0 Å². The Kier molecular flexibility index (Phi) is 6.86. The Balaban J connectivity index is 1.71. The van der Waals surface area contributed by atoms with Gasteiger partial charge in [0.2, 0.25) is 0 Å². The molecule has 0 aliphatic carbocycles. The zero-order valence-corrected chi connectivity index (χ0v) is 19.4. The summed E-state index contributed by atoms with van der Waals surface area (Å²) in [5.74, 6) is 2.80. The number of thioether (sulfide) groups is 1. The number of methoxy groups -OCH3 is 3. The van der Waals surface area contributed by atoms with Gasteiger partial charge in [0, 0.05) is 23.2 Å². The van der Waals surface area contributed by atoms with Gasteiger partial charge in [-0.1, -0.05) is 23.9 Å². The van der Waals surface area contributed by atoms with Crippen molar-refractivity contribution in [3.05, 3.63) is 84.1 Å². The number of aromatic nitrogens is 2. The minimum Gasteiger partial charge on any atom is -0.497 e. The molecule has 0 aliphatic heterocycles. The molecule has 3 aromatic carbocycles. The maximum absolute atomic E-state index is 9.19. The molecule has 0 atom stereocenters. The van der Waals surface area contributed by atoms with E-state index in [4.69, 9.17) is 19.2 Å². The number of hydrogen-bond acceptors (Lipinski definition) is 6. The fourth-order valence-electron chi connectivity index (χ4n) is 3.41. The summed E-state index contributed by atoms with van der Waals surface area (Å²) in [7, 11) is 4.89. The molecular formula is C26H23N3O3S. The fraction of sp³-hybridized carbons (Fsp3) is 0.154. The molecule has 0 N–H and O–H groups in total. The standard InChI is InChI=1S/C26H23N3O3S/c1-30-22-10-8-21(9-11-22)29-16-23(20-7-12-24(31-2)25(14-20)32-3)28-26(29)33-17-19-6-4-5-18(13-19)15-27/h4-14,16H,17H2,1-3H3. The zero-order valence-electron chi connectivity index (χ0n) is 18.6. The second-order valence-electron chi connectivity index (χ2n) is 7.15. The highest BCUT2D eigenvalue weighted by molar-refractivity contribution is 7.98. The van der Waals surface area contributed by atoms with Crippen LogP contribution < -0.4 is 14.2 Å². The molecule has 0 unspecified atom stereocenters. The van der Waals surface area contributed by atoms with Crippen LogP contribution in [0, 0.1) is 11.3 Å². The molecule has 33 heavy (non-hydrogen) atoms. The molecule has 0 aliphatic rings. The van der Waals surface area contributed by atoms with Gasteiger partial charge in [-0.25, -0.2) is 4.98 Å². The summed E-state index contributed by atoms with van der Waals surface area (Å²) in [5, 5.41) is 10.0. The van der Waals surface area contributed by atoms with Crippen molar-refractivity contribution < 1.29 is 14.2 Å². The number of nitrogens with zero attached hydrogens (tertiary/aromatic N) is 3. The topological polar surface area (TPSA) is 69.3 Å². The summed E-state index contributed by atoms with van der Waals surface area (Å²) in [5.41, 5.74) is 4.44. The summed E-state index contributed by atoms with van der Waals surface area (Å²) in [6, 6.07) is 23.4. The second kappa shape index (κ2) is 10.2. The molecule has 0 amide bonds. The molecule has 166 valence electrons. The maximum atomic E-state index is 9.19. The van der Waals surface area contributed by atoms with Crippen LogP contribution in [0.2, 0.25) is 0 Å².